The van der Waals surface area contributed by atoms with E-state index < -0.39 is 28.9 Å². The van der Waals surface area contributed by atoms with E-state index in [2.05, 4.69) is 102 Å². The number of aromatic nitrogens is 3. The van der Waals surface area contributed by atoms with E-state index in [0.29, 0.717) is 49.2 Å². The number of fused-ring (bicyclic) bond motifs is 5. The molecule has 10 nitrogen and oxygen atoms in total. The number of hydrogen-bond donors (Lipinski definition) is 1. The second-order valence-electron chi connectivity index (χ2n) is 18.7. The molecule has 1 N–H and O–H groups in total. The number of phenolic OH excluding ortho intramolecular Hbond substituents is 1. The quantitative estimate of drug-likeness (QED) is 0.107. The van der Waals surface area contributed by atoms with E-state index in [1.807, 2.05) is 18.2 Å². The predicted molar refractivity (Wildman–Crippen MR) is 246 cm³/mol. The van der Waals surface area contributed by atoms with Gasteiger partial charge >= 0.3 is 6.01 Å². The lowest BCUT2D eigenvalue weighted by atomic mass is 9.76. The minimum atomic E-state index is -0.964. The first-order valence-corrected chi connectivity index (χ1v) is 23.0. The molecule has 0 spiro atoms. The number of rotatable bonds is 10. The average Bonchev–Trinajstić information content (AvgIpc) is 3.85. The smallest absolute Gasteiger partial charge is 0.319 e. The van der Waals surface area contributed by atoms with Crippen molar-refractivity contribution in [1.29, 1.82) is 0 Å². The van der Waals surface area contributed by atoms with Crippen LogP contribution in [0, 0.1) is 11.6 Å². The van der Waals surface area contributed by atoms with E-state index in [0.717, 1.165) is 48.9 Å². The largest absolute Gasteiger partial charge is 0.508 e. The molecule has 5 saturated heterocycles. The Morgan fingerprint density at radius 2 is 1.48 bits per heavy atom. The van der Waals surface area contributed by atoms with Crippen LogP contribution in [-0.4, -0.2) is 110 Å². The van der Waals surface area contributed by atoms with Gasteiger partial charge in [-0.2, -0.15) is 9.97 Å². The molecule has 1 amide bonds. The van der Waals surface area contributed by atoms with Crippen molar-refractivity contribution in [3.8, 4) is 23.0 Å². The normalized spacial score (nSPS) is 24.9. The number of aromatic hydroxyl groups is 1. The van der Waals surface area contributed by atoms with Crippen LogP contribution in [0.1, 0.15) is 48.8 Å². The second-order valence-corrected chi connectivity index (χ2v) is 18.7. The molecular formula is C53H48F3N7O3. The minimum Gasteiger partial charge on any atom is -0.508 e. The van der Waals surface area contributed by atoms with Gasteiger partial charge in [-0.15, -0.1) is 0 Å². The van der Waals surface area contributed by atoms with Crippen molar-refractivity contribution in [2.24, 2.45) is 0 Å². The number of nitrogens with zero attached hydrogens (tertiary/aromatic N) is 7. The van der Waals surface area contributed by atoms with Gasteiger partial charge in [0.1, 0.15) is 47.4 Å². The molecule has 5 aliphatic rings. The summed E-state index contributed by atoms with van der Waals surface area (Å²) in [4.78, 5) is 37.9. The maximum atomic E-state index is 17.3. The molecule has 7 heterocycles. The van der Waals surface area contributed by atoms with Crippen LogP contribution in [0.4, 0.5) is 19.0 Å². The Hall–Kier alpha value is -6.57. The number of alkyl halides is 1. The van der Waals surface area contributed by atoms with Crippen molar-refractivity contribution in [2.75, 3.05) is 44.2 Å². The highest BCUT2D eigenvalue weighted by molar-refractivity contribution is 6.00. The molecule has 12 rings (SSSR count). The van der Waals surface area contributed by atoms with Crippen LogP contribution in [0.5, 0.6) is 11.8 Å². The summed E-state index contributed by atoms with van der Waals surface area (Å²) < 4.78 is 53.9. The van der Waals surface area contributed by atoms with Gasteiger partial charge in [0.15, 0.2) is 5.82 Å². The number of carbonyl (C=O) groups is 1. The molecule has 5 aromatic carbocycles. The Bertz CT molecular complexity index is 2890. The van der Waals surface area contributed by atoms with Crippen LogP contribution in [0.2, 0.25) is 0 Å². The number of amides is 1. The number of carbonyl (C=O) groups excluding carboxylic acids is 1. The Balaban J connectivity index is 0.894. The van der Waals surface area contributed by atoms with Gasteiger partial charge < -0.3 is 19.6 Å². The second kappa shape index (κ2) is 15.8. The minimum absolute atomic E-state index is 0.0532. The molecule has 2 bridgehead atoms. The number of pyridine rings is 1. The van der Waals surface area contributed by atoms with E-state index >= 15 is 13.6 Å². The standard InChI is InChI=1S/C53H48F3N7O3/c54-37-26-52(22-11-23-61(52)28-37)32-66-51-58-48-42(27-57-47(46(48)56)41-25-40(64)24-33-12-10-19-43(55)45(33)41)49(59-51)60-29-38-20-21-39(30-60)63(38)50(65)44-31-62(44)53(34-13-4-1-5-14-34,35-15-6-2-7-16-35)36-17-8-3-9-18-36/h1-10,12-19,24-25,27,37-39,44,64H,11,20-23,26,28-32H2/t37-,38?,39?,44+,52+,62?/m1/s1. The molecule has 5 fully saturated rings. The molecule has 13 heteroatoms. The van der Waals surface area contributed by atoms with Crippen molar-refractivity contribution >= 4 is 33.4 Å². The third-order valence-corrected chi connectivity index (χ3v) is 15.0. The van der Waals surface area contributed by atoms with E-state index in [4.69, 9.17) is 9.72 Å². The summed E-state index contributed by atoms with van der Waals surface area (Å²) in [5.74, 6) is -1.04. The van der Waals surface area contributed by atoms with Gasteiger partial charge in [0, 0.05) is 61.8 Å². The molecule has 3 unspecified atom stereocenters. The first-order valence-electron chi connectivity index (χ1n) is 23.0. The fraction of sp³-hybridized carbons (Fsp3) is 0.321. The van der Waals surface area contributed by atoms with Crippen LogP contribution in [0.3, 0.4) is 0 Å². The fourth-order valence-corrected chi connectivity index (χ4v) is 12.1. The fourth-order valence-electron chi connectivity index (χ4n) is 12.1. The van der Waals surface area contributed by atoms with E-state index in [1.165, 1.54) is 30.5 Å². The number of halogens is 3. The molecular weight excluding hydrogens is 840 g/mol. The van der Waals surface area contributed by atoms with E-state index in [9.17, 15) is 9.50 Å². The summed E-state index contributed by atoms with van der Waals surface area (Å²) in [6, 6.07) is 37.7. The van der Waals surface area contributed by atoms with E-state index in [1.54, 1.807) is 6.07 Å². The van der Waals surface area contributed by atoms with Gasteiger partial charge in [0.2, 0.25) is 5.91 Å². The lowest BCUT2D eigenvalue weighted by Gasteiger charge is -2.43. The van der Waals surface area contributed by atoms with Crippen molar-refractivity contribution < 1.29 is 27.8 Å². The molecule has 0 saturated carbocycles. The van der Waals surface area contributed by atoms with Crippen molar-refractivity contribution in [3.05, 3.63) is 156 Å². The van der Waals surface area contributed by atoms with Crippen molar-refractivity contribution in [3.63, 3.8) is 0 Å². The monoisotopic (exact) mass is 887 g/mol. The Labute approximate surface area is 380 Å². The van der Waals surface area contributed by atoms with Gasteiger partial charge in [-0.1, -0.05) is 103 Å². The summed E-state index contributed by atoms with van der Waals surface area (Å²) >= 11 is 0. The zero-order chi connectivity index (χ0) is 44.7. The highest BCUT2D eigenvalue weighted by Gasteiger charge is 2.59. The van der Waals surface area contributed by atoms with Crippen LogP contribution in [0.25, 0.3) is 32.9 Å². The number of hydrogen-bond acceptors (Lipinski definition) is 9. The van der Waals surface area contributed by atoms with Gasteiger partial charge in [0.05, 0.1) is 16.5 Å². The third-order valence-electron chi connectivity index (χ3n) is 15.0. The topological polar surface area (TPSA) is 97.9 Å². The summed E-state index contributed by atoms with van der Waals surface area (Å²) in [5.41, 5.74) is 1.89. The predicted octanol–water partition coefficient (Wildman–Crippen LogP) is 8.64. The number of phenols is 1. The molecule has 7 aromatic rings. The SMILES string of the molecule is O=C([C@@H]1CN1C(c1ccccc1)(c1ccccc1)c1ccccc1)N1C2CCC1CN(c1nc(OC[C@@]34CCCN3C[C@H](F)C4)nc3c(F)c(-c4cc(O)cc5cccc(F)c45)ncc13)C2. The third kappa shape index (κ3) is 6.52. The summed E-state index contributed by atoms with van der Waals surface area (Å²) in [6.45, 7) is 2.73. The van der Waals surface area contributed by atoms with Crippen LogP contribution >= 0.6 is 0 Å². The van der Waals surface area contributed by atoms with Crippen LogP contribution < -0.4 is 9.64 Å². The molecule has 66 heavy (non-hydrogen) atoms. The Morgan fingerprint density at radius 1 is 0.818 bits per heavy atom. The van der Waals surface area contributed by atoms with E-state index in [-0.39, 0.29) is 64.6 Å². The highest BCUT2D eigenvalue weighted by atomic mass is 19.1. The molecule has 334 valence electrons. The molecule has 0 radical (unpaired) electrons. The van der Waals surface area contributed by atoms with Gasteiger partial charge in [0.25, 0.3) is 0 Å². The summed E-state index contributed by atoms with van der Waals surface area (Å²) in [7, 11) is 0. The molecule has 6 atom stereocenters. The average molecular weight is 888 g/mol. The zero-order valence-corrected chi connectivity index (χ0v) is 36.2. The number of anilines is 1. The van der Waals surface area contributed by atoms with Gasteiger partial charge in [-0.25, -0.2) is 13.2 Å². The summed E-state index contributed by atoms with van der Waals surface area (Å²) in [5, 5.41) is 11.5. The van der Waals surface area contributed by atoms with Crippen molar-refractivity contribution in [2.45, 2.75) is 67.5 Å². The van der Waals surface area contributed by atoms with Crippen LogP contribution in [-0.2, 0) is 10.3 Å². The Morgan fingerprint density at radius 3 is 2.15 bits per heavy atom. The number of ether oxygens (including phenoxy) is 1. The number of benzene rings is 5. The Kier molecular flexibility index (Phi) is 9.79. The molecule has 5 aliphatic heterocycles. The first kappa shape index (κ1) is 40.9. The van der Waals surface area contributed by atoms with Gasteiger partial charge in [-0.3, -0.25) is 19.6 Å². The van der Waals surface area contributed by atoms with Gasteiger partial charge in [-0.05, 0) is 72.5 Å². The number of piperazine rings is 1. The highest BCUT2D eigenvalue weighted by Crippen LogP contribution is 2.50. The lowest BCUT2D eigenvalue weighted by Crippen LogP contribution is -2.57. The van der Waals surface area contributed by atoms with Crippen LogP contribution in [0.15, 0.2) is 128 Å². The lowest BCUT2D eigenvalue weighted by molar-refractivity contribution is -0.135. The maximum Gasteiger partial charge on any atom is 0.319 e. The first-order chi connectivity index (χ1) is 32.2. The van der Waals surface area contributed by atoms with Crippen molar-refractivity contribution in [1.82, 2.24) is 29.7 Å². The molecule has 0 aliphatic carbocycles. The zero-order valence-electron chi connectivity index (χ0n) is 36.2. The maximum absolute atomic E-state index is 17.3. The molecule has 2 aromatic heterocycles. The summed E-state index contributed by atoms with van der Waals surface area (Å²) in [6.07, 6.45) is 4.16.